The van der Waals surface area contributed by atoms with Crippen LogP contribution in [0.3, 0.4) is 0 Å². The van der Waals surface area contributed by atoms with Crippen molar-refractivity contribution in [2.45, 2.75) is 18.6 Å². The summed E-state index contributed by atoms with van der Waals surface area (Å²) in [5.74, 6) is -0.383. The van der Waals surface area contributed by atoms with Crippen LogP contribution in [0.25, 0.3) is 0 Å². The van der Waals surface area contributed by atoms with Crippen LogP contribution >= 0.6 is 43.2 Å². The Bertz CT molecular complexity index is 509. The Labute approximate surface area is 115 Å². The molecule has 1 rings (SSSR count). The smallest absolute Gasteiger partial charge is 0.193 e. The standard InChI is InChI=1S/C9H10Br2O3S2/c1-9(2,16(3,13)14)7(12)6-4-5(10)8(11)15-6/h4H,1-3H3. The summed E-state index contributed by atoms with van der Waals surface area (Å²) in [5.41, 5.74) is 0. The monoisotopic (exact) mass is 388 g/mol. The Morgan fingerprint density at radius 2 is 1.88 bits per heavy atom. The molecule has 0 aliphatic rings. The average Bonchev–Trinajstić information content (AvgIpc) is 2.43. The van der Waals surface area contributed by atoms with E-state index in [9.17, 15) is 13.2 Å². The third-order valence-corrected chi connectivity index (χ3v) is 7.64. The molecular formula is C9H10Br2O3S2. The number of ketones is 1. The van der Waals surface area contributed by atoms with E-state index in [4.69, 9.17) is 0 Å². The first-order valence-electron chi connectivity index (χ1n) is 4.26. The quantitative estimate of drug-likeness (QED) is 0.745. The number of sulfone groups is 1. The molecule has 0 saturated carbocycles. The van der Waals surface area contributed by atoms with Gasteiger partial charge in [-0.2, -0.15) is 0 Å². The van der Waals surface area contributed by atoms with Crippen LogP contribution in [-0.2, 0) is 9.84 Å². The number of hydrogen-bond donors (Lipinski definition) is 0. The van der Waals surface area contributed by atoms with Gasteiger partial charge in [0.05, 0.1) is 8.66 Å². The van der Waals surface area contributed by atoms with Crippen molar-refractivity contribution in [3.8, 4) is 0 Å². The highest BCUT2D eigenvalue weighted by molar-refractivity contribution is 9.13. The number of carbonyl (C=O) groups excluding carboxylic acids is 1. The summed E-state index contributed by atoms with van der Waals surface area (Å²) >= 11 is 7.76. The predicted molar refractivity (Wildman–Crippen MR) is 73.0 cm³/mol. The summed E-state index contributed by atoms with van der Waals surface area (Å²) in [6, 6.07) is 1.63. The largest absolute Gasteiger partial charge is 0.292 e. The second kappa shape index (κ2) is 4.51. The van der Waals surface area contributed by atoms with Crippen molar-refractivity contribution in [3.05, 3.63) is 19.2 Å². The lowest BCUT2D eigenvalue weighted by atomic mass is 10.1. The molecule has 16 heavy (non-hydrogen) atoms. The van der Waals surface area contributed by atoms with Gasteiger partial charge in [-0.15, -0.1) is 11.3 Å². The Kier molecular flexibility index (Phi) is 4.04. The molecule has 0 bridgehead atoms. The van der Waals surface area contributed by atoms with Crippen molar-refractivity contribution in [2.75, 3.05) is 6.26 Å². The van der Waals surface area contributed by atoms with E-state index in [1.807, 2.05) is 0 Å². The number of thiophene rings is 1. The van der Waals surface area contributed by atoms with E-state index in [0.717, 1.165) is 14.5 Å². The van der Waals surface area contributed by atoms with Gasteiger partial charge in [-0.05, 0) is 51.8 Å². The van der Waals surface area contributed by atoms with Gasteiger partial charge in [0.25, 0.3) is 0 Å². The highest BCUT2D eigenvalue weighted by Gasteiger charge is 2.39. The second-order valence-electron chi connectivity index (χ2n) is 3.84. The molecule has 0 saturated heterocycles. The fraction of sp³-hybridized carbons (Fsp3) is 0.444. The van der Waals surface area contributed by atoms with Gasteiger partial charge in [0.2, 0.25) is 0 Å². The number of hydrogen-bond acceptors (Lipinski definition) is 4. The van der Waals surface area contributed by atoms with Gasteiger partial charge in [-0.1, -0.05) is 0 Å². The Morgan fingerprint density at radius 1 is 1.38 bits per heavy atom. The molecule has 1 aromatic heterocycles. The van der Waals surface area contributed by atoms with E-state index >= 15 is 0 Å². The van der Waals surface area contributed by atoms with E-state index in [1.165, 1.54) is 25.2 Å². The van der Waals surface area contributed by atoms with Crippen LogP contribution in [0.1, 0.15) is 23.5 Å². The summed E-state index contributed by atoms with van der Waals surface area (Å²) < 4.78 is 23.2. The van der Waals surface area contributed by atoms with Crippen molar-refractivity contribution in [3.63, 3.8) is 0 Å². The molecule has 0 unspecified atom stereocenters. The molecule has 0 N–H and O–H groups in total. The van der Waals surface area contributed by atoms with Gasteiger partial charge in [0, 0.05) is 10.7 Å². The molecule has 0 fully saturated rings. The highest BCUT2D eigenvalue weighted by Crippen LogP contribution is 2.35. The van der Waals surface area contributed by atoms with Crippen molar-refractivity contribution < 1.29 is 13.2 Å². The third-order valence-electron chi connectivity index (χ3n) is 2.34. The van der Waals surface area contributed by atoms with Crippen LogP contribution in [-0.4, -0.2) is 25.2 Å². The zero-order valence-corrected chi connectivity index (χ0v) is 13.7. The first-order chi connectivity index (χ1) is 7.07. The van der Waals surface area contributed by atoms with Gasteiger partial charge >= 0.3 is 0 Å². The molecule has 0 aliphatic carbocycles. The van der Waals surface area contributed by atoms with Crippen molar-refractivity contribution >= 4 is 58.8 Å². The second-order valence-corrected chi connectivity index (χ2v) is 9.63. The van der Waals surface area contributed by atoms with E-state index in [0.29, 0.717) is 4.88 Å². The van der Waals surface area contributed by atoms with Crippen molar-refractivity contribution in [1.82, 2.24) is 0 Å². The normalized spacial score (nSPS) is 12.8. The minimum Gasteiger partial charge on any atom is -0.292 e. The van der Waals surface area contributed by atoms with Gasteiger partial charge < -0.3 is 0 Å². The van der Waals surface area contributed by atoms with Crippen LogP contribution in [0.5, 0.6) is 0 Å². The lowest BCUT2D eigenvalue weighted by Crippen LogP contribution is -2.39. The average molecular weight is 390 g/mol. The van der Waals surface area contributed by atoms with Crippen molar-refractivity contribution in [1.29, 1.82) is 0 Å². The molecule has 90 valence electrons. The molecule has 3 nitrogen and oxygen atoms in total. The summed E-state index contributed by atoms with van der Waals surface area (Å²) in [5, 5.41) is 0. The molecule has 0 radical (unpaired) electrons. The molecule has 0 aliphatic heterocycles. The Balaban J connectivity index is 3.23. The molecule has 0 amide bonds. The fourth-order valence-electron chi connectivity index (χ4n) is 0.924. The lowest BCUT2D eigenvalue weighted by Gasteiger charge is -2.19. The van der Waals surface area contributed by atoms with Crippen molar-refractivity contribution in [2.24, 2.45) is 0 Å². The number of rotatable bonds is 3. The van der Waals surface area contributed by atoms with Gasteiger partial charge in [-0.25, -0.2) is 8.42 Å². The topological polar surface area (TPSA) is 51.2 Å². The lowest BCUT2D eigenvalue weighted by molar-refractivity contribution is 0.0958. The van der Waals surface area contributed by atoms with Crippen LogP contribution < -0.4 is 0 Å². The summed E-state index contributed by atoms with van der Waals surface area (Å²) in [6.45, 7) is 2.85. The zero-order valence-electron chi connectivity index (χ0n) is 8.87. The van der Waals surface area contributed by atoms with E-state index < -0.39 is 14.6 Å². The summed E-state index contributed by atoms with van der Waals surface area (Å²) in [4.78, 5) is 12.5. The SMILES string of the molecule is CC(C)(C(=O)c1cc(Br)c(Br)s1)S(C)(=O)=O. The zero-order chi connectivity index (χ0) is 12.7. The first kappa shape index (κ1) is 14.3. The molecule has 1 aromatic rings. The Hall–Kier alpha value is 0.280. The maximum Gasteiger partial charge on any atom is 0.193 e. The minimum atomic E-state index is -3.43. The molecule has 1 heterocycles. The van der Waals surface area contributed by atoms with E-state index in [2.05, 4.69) is 31.9 Å². The highest BCUT2D eigenvalue weighted by atomic mass is 79.9. The minimum absolute atomic E-state index is 0.383. The molecular weight excluding hydrogens is 380 g/mol. The van der Waals surface area contributed by atoms with Crippen LogP contribution in [0.15, 0.2) is 14.3 Å². The maximum atomic E-state index is 12.1. The van der Waals surface area contributed by atoms with E-state index in [1.54, 1.807) is 6.07 Å². The molecule has 0 aromatic carbocycles. The molecule has 7 heteroatoms. The van der Waals surface area contributed by atoms with Crippen LogP contribution in [0, 0.1) is 0 Å². The first-order valence-corrected chi connectivity index (χ1v) is 8.56. The van der Waals surface area contributed by atoms with Crippen LogP contribution in [0.4, 0.5) is 0 Å². The maximum absolute atomic E-state index is 12.1. The summed E-state index contributed by atoms with van der Waals surface area (Å²) in [6.07, 6.45) is 1.07. The van der Waals surface area contributed by atoms with Gasteiger partial charge in [-0.3, -0.25) is 4.79 Å². The predicted octanol–water partition coefficient (Wildman–Crippen LogP) is 3.28. The number of halogens is 2. The third kappa shape index (κ3) is 2.57. The van der Waals surface area contributed by atoms with E-state index in [-0.39, 0.29) is 5.78 Å². The number of Topliss-reactive ketones (excluding diaryl/α,β-unsaturated/α-hetero) is 1. The molecule has 0 atom stereocenters. The molecule has 0 spiro atoms. The van der Waals surface area contributed by atoms with Gasteiger partial charge in [0.15, 0.2) is 15.6 Å². The summed E-state index contributed by atoms with van der Waals surface area (Å²) in [7, 11) is -3.43. The number of carbonyl (C=O) groups is 1. The Morgan fingerprint density at radius 3 is 2.19 bits per heavy atom. The fourth-order valence-corrected chi connectivity index (χ4v) is 3.57. The van der Waals surface area contributed by atoms with Crippen LogP contribution in [0.2, 0.25) is 0 Å². The van der Waals surface area contributed by atoms with Gasteiger partial charge in [0.1, 0.15) is 4.75 Å².